The van der Waals surface area contributed by atoms with E-state index < -0.39 is 0 Å². The Hall–Kier alpha value is -3.21. The van der Waals surface area contributed by atoms with Gasteiger partial charge in [-0.3, -0.25) is 4.79 Å². The Balaban J connectivity index is 1.50. The zero-order valence-corrected chi connectivity index (χ0v) is 21.2. The Morgan fingerprint density at radius 2 is 1.47 bits per heavy atom. The second kappa shape index (κ2) is 10.8. The lowest BCUT2D eigenvalue weighted by Gasteiger charge is -2.11. The fraction of sp³-hybridized carbons (Fsp3) is 0.233. The molecule has 0 fully saturated rings. The van der Waals surface area contributed by atoms with Gasteiger partial charge in [0.25, 0.3) is 0 Å². The Morgan fingerprint density at radius 1 is 0.824 bits per heavy atom. The van der Waals surface area contributed by atoms with Crippen LogP contribution in [0.25, 0.3) is 20.9 Å². The van der Waals surface area contributed by atoms with E-state index in [9.17, 15) is 4.79 Å². The summed E-state index contributed by atoms with van der Waals surface area (Å²) in [4.78, 5) is 17.2. The van der Waals surface area contributed by atoms with E-state index in [2.05, 4.69) is 78.7 Å². The Bertz CT molecular complexity index is 1270. The van der Waals surface area contributed by atoms with Gasteiger partial charge < -0.3 is 10.2 Å². The van der Waals surface area contributed by atoms with Gasteiger partial charge in [-0.25, -0.2) is 0 Å². The summed E-state index contributed by atoms with van der Waals surface area (Å²) in [6.45, 7) is 5.27. The van der Waals surface area contributed by atoms with Crippen LogP contribution in [0, 0.1) is 13.8 Å². The van der Waals surface area contributed by atoms with E-state index in [-0.39, 0.29) is 5.78 Å². The van der Waals surface area contributed by atoms with Crippen molar-refractivity contribution < 1.29 is 4.79 Å². The van der Waals surface area contributed by atoms with Crippen LogP contribution in [0.5, 0.6) is 0 Å². The molecule has 0 unspecified atom stereocenters. The summed E-state index contributed by atoms with van der Waals surface area (Å²) in [7, 11) is 4.06. The zero-order valence-electron chi connectivity index (χ0n) is 20.4. The molecule has 34 heavy (non-hydrogen) atoms. The van der Waals surface area contributed by atoms with E-state index in [0.29, 0.717) is 6.42 Å². The first-order valence-corrected chi connectivity index (χ1v) is 12.5. The second-order valence-corrected chi connectivity index (χ2v) is 10.1. The Morgan fingerprint density at radius 3 is 2.21 bits per heavy atom. The predicted molar refractivity (Wildman–Crippen MR) is 147 cm³/mol. The minimum absolute atomic E-state index is 0.192. The zero-order chi connectivity index (χ0) is 24.1. The number of hydrogen-bond acceptors (Lipinski definition) is 4. The van der Waals surface area contributed by atoms with Crippen LogP contribution in [0.4, 0.5) is 11.4 Å². The summed E-state index contributed by atoms with van der Waals surface area (Å²) in [6.07, 6.45) is 1.44. The second-order valence-electron chi connectivity index (χ2n) is 9.05. The molecule has 4 aromatic rings. The number of benzene rings is 3. The third-order valence-electron chi connectivity index (χ3n) is 5.96. The van der Waals surface area contributed by atoms with E-state index >= 15 is 0 Å². The number of thiophene rings is 1. The van der Waals surface area contributed by atoms with Gasteiger partial charge in [-0.2, -0.15) is 0 Å². The average molecular weight is 469 g/mol. The molecule has 0 aliphatic carbocycles. The number of aryl methyl sites for hydroxylation is 2. The third kappa shape index (κ3) is 5.82. The van der Waals surface area contributed by atoms with Crippen molar-refractivity contribution in [3.8, 4) is 20.9 Å². The molecule has 0 aliphatic rings. The number of ketones is 1. The first kappa shape index (κ1) is 23.9. The minimum atomic E-state index is 0.192. The molecule has 0 spiro atoms. The molecular weight excluding hydrogens is 436 g/mol. The molecule has 1 N–H and O–H groups in total. The van der Waals surface area contributed by atoms with Crippen LogP contribution in [0.1, 0.15) is 34.3 Å². The normalized spacial score (nSPS) is 11.1. The van der Waals surface area contributed by atoms with E-state index in [0.717, 1.165) is 29.9 Å². The molecule has 0 bridgehead atoms. The highest BCUT2D eigenvalue weighted by Gasteiger charge is 2.11. The number of anilines is 2. The summed E-state index contributed by atoms with van der Waals surface area (Å²) in [5, 5.41) is 3.48. The van der Waals surface area contributed by atoms with Crippen LogP contribution in [0.15, 0.2) is 78.9 Å². The molecule has 0 radical (unpaired) electrons. The lowest BCUT2D eigenvalue weighted by atomic mass is 10.0. The lowest BCUT2D eigenvalue weighted by molar-refractivity contribution is 0.0977. The standard InChI is InChI=1S/C30H32N2OS/c1-21-9-5-10-22(2)30(21)29-17-16-28(34-29)24-12-7-14-26(20-24)31-25-13-6-11-23(19-25)27(33)15-8-18-32(3)4/h5-7,9-14,16-17,19-20,31H,8,15,18H2,1-4H3. The van der Waals surface area contributed by atoms with E-state index in [1.54, 1.807) is 0 Å². The van der Waals surface area contributed by atoms with Crippen molar-refractivity contribution in [2.24, 2.45) is 0 Å². The smallest absolute Gasteiger partial charge is 0.162 e. The SMILES string of the molecule is Cc1cccc(C)c1-c1ccc(-c2cccc(Nc3cccc(C(=O)CCCN(C)C)c3)c2)s1. The van der Waals surface area contributed by atoms with Crippen molar-refractivity contribution in [1.29, 1.82) is 0 Å². The van der Waals surface area contributed by atoms with Crippen molar-refractivity contribution in [3.05, 3.63) is 95.6 Å². The first-order chi connectivity index (χ1) is 16.4. The average Bonchev–Trinajstić information content (AvgIpc) is 3.29. The largest absolute Gasteiger partial charge is 0.355 e. The molecule has 3 nitrogen and oxygen atoms in total. The van der Waals surface area contributed by atoms with Crippen molar-refractivity contribution in [1.82, 2.24) is 4.90 Å². The lowest BCUT2D eigenvalue weighted by Crippen LogP contribution is -2.14. The van der Waals surface area contributed by atoms with Crippen molar-refractivity contribution in [2.75, 3.05) is 26.0 Å². The van der Waals surface area contributed by atoms with Crippen LogP contribution in [-0.4, -0.2) is 31.3 Å². The number of carbonyl (C=O) groups excluding carboxylic acids is 1. The monoisotopic (exact) mass is 468 g/mol. The number of hydrogen-bond donors (Lipinski definition) is 1. The fourth-order valence-corrected chi connectivity index (χ4v) is 5.40. The Kier molecular flexibility index (Phi) is 7.61. The molecule has 174 valence electrons. The predicted octanol–water partition coefficient (Wildman–Crippen LogP) is 7.97. The maximum Gasteiger partial charge on any atom is 0.162 e. The molecule has 4 heteroatoms. The summed E-state index contributed by atoms with van der Waals surface area (Å²) in [5.41, 5.74) is 7.83. The summed E-state index contributed by atoms with van der Waals surface area (Å²) in [6, 6.07) is 27.2. The van der Waals surface area contributed by atoms with Gasteiger partial charge in [-0.15, -0.1) is 11.3 Å². The van der Waals surface area contributed by atoms with E-state index in [1.807, 2.05) is 49.7 Å². The van der Waals surface area contributed by atoms with Gasteiger partial charge in [-0.1, -0.05) is 42.5 Å². The highest BCUT2D eigenvalue weighted by molar-refractivity contribution is 7.18. The van der Waals surface area contributed by atoms with Gasteiger partial charge in [0, 0.05) is 33.1 Å². The van der Waals surface area contributed by atoms with Gasteiger partial charge in [0.1, 0.15) is 0 Å². The van der Waals surface area contributed by atoms with E-state index in [4.69, 9.17) is 0 Å². The van der Waals surface area contributed by atoms with Crippen molar-refractivity contribution in [3.63, 3.8) is 0 Å². The maximum atomic E-state index is 12.6. The molecule has 1 heterocycles. The molecule has 1 aromatic heterocycles. The number of rotatable bonds is 9. The van der Waals surface area contributed by atoms with Crippen molar-refractivity contribution in [2.45, 2.75) is 26.7 Å². The van der Waals surface area contributed by atoms with Crippen LogP contribution >= 0.6 is 11.3 Å². The molecule has 0 atom stereocenters. The molecular formula is C30H32N2OS. The number of Topliss-reactive ketones (excluding diaryl/α,β-unsaturated/α-hetero) is 1. The molecule has 0 aliphatic heterocycles. The summed E-state index contributed by atoms with van der Waals surface area (Å²) < 4.78 is 0. The number of carbonyl (C=O) groups is 1. The number of nitrogens with one attached hydrogen (secondary N) is 1. The van der Waals surface area contributed by atoms with E-state index in [1.165, 1.54) is 32.0 Å². The highest BCUT2D eigenvalue weighted by Crippen LogP contribution is 2.38. The molecule has 4 rings (SSSR count). The fourth-order valence-electron chi connectivity index (χ4n) is 4.22. The molecule has 0 saturated heterocycles. The minimum Gasteiger partial charge on any atom is -0.355 e. The molecule has 3 aromatic carbocycles. The molecule has 0 saturated carbocycles. The topological polar surface area (TPSA) is 32.3 Å². The molecule has 0 amide bonds. The van der Waals surface area contributed by atoms with Gasteiger partial charge in [0.15, 0.2) is 5.78 Å². The van der Waals surface area contributed by atoms with Gasteiger partial charge in [0.05, 0.1) is 0 Å². The Labute approximate surface area is 207 Å². The quantitative estimate of drug-likeness (QED) is 0.253. The summed E-state index contributed by atoms with van der Waals surface area (Å²) >= 11 is 1.82. The first-order valence-electron chi connectivity index (χ1n) is 11.7. The van der Waals surface area contributed by atoms with Gasteiger partial charge in [-0.05, 0) is 99.6 Å². The van der Waals surface area contributed by atoms with Crippen LogP contribution in [-0.2, 0) is 0 Å². The van der Waals surface area contributed by atoms with Crippen molar-refractivity contribution >= 4 is 28.5 Å². The highest BCUT2D eigenvalue weighted by atomic mass is 32.1. The van der Waals surface area contributed by atoms with Crippen LogP contribution in [0.2, 0.25) is 0 Å². The number of nitrogens with zero attached hydrogens (tertiary/aromatic N) is 1. The third-order valence-corrected chi connectivity index (χ3v) is 7.11. The van der Waals surface area contributed by atoms with Crippen LogP contribution in [0.3, 0.4) is 0 Å². The summed E-state index contributed by atoms with van der Waals surface area (Å²) in [5.74, 6) is 0.192. The van der Waals surface area contributed by atoms with Gasteiger partial charge in [0.2, 0.25) is 0 Å². The van der Waals surface area contributed by atoms with Crippen LogP contribution < -0.4 is 5.32 Å². The van der Waals surface area contributed by atoms with Gasteiger partial charge >= 0.3 is 0 Å². The maximum absolute atomic E-state index is 12.6.